The van der Waals surface area contributed by atoms with Gasteiger partial charge in [-0.3, -0.25) is 0 Å². The van der Waals surface area contributed by atoms with Crippen LogP contribution in [0.5, 0.6) is 0 Å². The second kappa shape index (κ2) is 17.2. The van der Waals surface area contributed by atoms with Crippen molar-refractivity contribution in [1.29, 1.82) is 0 Å². The molecule has 0 aromatic carbocycles. The maximum absolute atomic E-state index is 2.34. The minimum atomic E-state index is 1.23. The van der Waals surface area contributed by atoms with Gasteiger partial charge in [-0.25, -0.2) is 0 Å². The fourth-order valence-electron chi connectivity index (χ4n) is 1.47. The first-order chi connectivity index (χ1) is 8.91. The minimum absolute atomic E-state index is 1.23. The van der Waals surface area contributed by atoms with Crippen molar-refractivity contribution in [2.24, 2.45) is 0 Å². The van der Waals surface area contributed by atoms with Gasteiger partial charge in [-0.1, -0.05) is 85.4 Å². The molecule has 106 valence electrons. The van der Waals surface area contributed by atoms with Crippen LogP contribution in [0, 0.1) is 0 Å². The molecule has 0 nitrogen and oxygen atoms in total. The van der Waals surface area contributed by atoms with Crippen molar-refractivity contribution in [3.63, 3.8) is 0 Å². The lowest BCUT2D eigenvalue weighted by Crippen LogP contribution is -1.76. The molecule has 2 heteroatoms. The minimum Gasteiger partial charge on any atom is -0.0938 e. The van der Waals surface area contributed by atoms with E-state index in [2.05, 4.69) is 38.2 Å². The smallest absolute Gasteiger partial charge is 0.00715 e. The Bertz CT molecular complexity index is 175. The number of allylic oxidation sites excluding steroid dienone is 4. The maximum atomic E-state index is 2.34. The summed E-state index contributed by atoms with van der Waals surface area (Å²) in [4.78, 5) is 0. The summed E-state index contributed by atoms with van der Waals surface area (Å²) in [7, 11) is 4.03. The molecule has 0 N–H and O–H groups in total. The second-order valence-electron chi connectivity index (χ2n) is 4.45. The van der Waals surface area contributed by atoms with Gasteiger partial charge in [-0.2, -0.15) is 0 Å². The average molecular weight is 287 g/mol. The van der Waals surface area contributed by atoms with Gasteiger partial charge in [0.05, 0.1) is 0 Å². The summed E-state index contributed by atoms with van der Waals surface area (Å²) >= 11 is 0. The molecule has 0 aliphatic carbocycles. The van der Waals surface area contributed by atoms with Crippen LogP contribution >= 0.6 is 21.6 Å². The molecule has 0 saturated carbocycles. The summed E-state index contributed by atoms with van der Waals surface area (Å²) in [5, 5.41) is 0. The molecule has 0 aliphatic heterocycles. The Kier molecular flexibility index (Phi) is 17.4. The quantitative estimate of drug-likeness (QED) is 0.211. The highest BCUT2D eigenvalue weighted by Crippen LogP contribution is 2.23. The highest BCUT2D eigenvalue weighted by Gasteiger charge is 1.88. The molecule has 0 spiro atoms. The Labute approximate surface area is 122 Å². The van der Waals surface area contributed by atoms with E-state index in [-0.39, 0.29) is 0 Å². The van der Waals surface area contributed by atoms with E-state index in [0.717, 1.165) is 0 Å². The van der Waals surface area contributed by atoms with E-state index in [0.29, 0.717) is 0 Å². The van der Waals surface area contributed by atoms with E-state index in [4.69, 9.17) is 0 Å². The monoisotopic (exact) mass is 286 g/mol. The molecule has 0 heterocycles. The van der Waals surface area contributed by atoms with Gasteiger partial charge < -0.3 is 0 Å². The highest BCUT2D eigenvalue weighted by atomic mass is 33.1. The van der Waals surface area contributed by atoms with Crippen LogP contribution in [0.3, 0.4) is 0 Å². The van der Waals surface area contributed by atoms with Crippen LogP contribution in [0.2, 0.25) is 0 Å². The van der Waals surface area contributed by atoms with Crippen LogP contribution in [0.1, 0.15) is 65.2 Å². The van der Waals surface area contributed by atoms with Crippen LogP contribution in [0.4, 0.5) is 0 Å². The van der Waals surface area contributed by atoms with Gasteiger partial charge in [-0.15, -0.1) is 0 Å². The van der Waals surface area contributed by atoms with E-state index < -0.39 is 0 Å². The zero-order valence-corrected chi connectivity index (χ0v) is 13.8. The third kappa shape index (κ3) is 16.2. The lowest BCUT2D eigenvalue weighted by atomic mass is 10.2. The number of rotatable bonds is 13. The molecule has 0 aromatic heterocycles. The first-order valence-electron chi connectivity index (χ1n) is 7.46. The molecule has 0 unspecified atom stereocenters. The van der Waals surface area contributed by atoms with Crippen molar-refractivity contribution in [2.75, 3.05) is 11.5 Å². The maximum Gasteiger partial charge on any atom is 0.00715 e. The van der Waals surface area contributed by atoms with Crippen molar-refractivity contribution in [1.82, 2.24) is 0 Å². The van der Waals surface area contributed by atoms with E-state index in [1.165, 1.54) is 62.9 Å². The number of hydrogen-bond donors (Lipinski definition) is 0. The van der Waals surface area contributed by atoms with Crippen molar-refractivity contribution >= 4 is 21.6 Å². The van der Waals surface area contributed by atoms with Crippen LogP contribution in [0.25, 0.3) is 0 Å². The molecule has 0 aromatic rings. The summed E-state index contributed by atoms with van der Waals surface area (Å²) < 4.78 is 0. The fraction of sp³-hybridized carbons (Fsp3) is 0.750. The van der Waals surface area contributed by atoms with Gasteiger partial charge in [0, 0.05) is 11.5 Å². The zero-order chi connectivity index (χ0) is 13.3. The van der Waals surface area contributed by atoms with Gasteiger partial charge in [0.2, 0.25) is 0 Å². The summed E-state index contributed by atoms with van der Waals surface area (Å²) in [5.74, 6) is 2.51. The Morgan fingerprint density at radius 3 is 1.39 bits per heavy atom. The van der Waals surface area contributed by atoms with E-state index in [1.807, 2.05) is 21.6 Å². The first kappa shape index (κ1) is 18.2. The van der Waals surface area contributed by atoms with Gasteiger partial charge in [0.25, 0.3) is 0 Å². The molecule has 0 fully saturated rings. The van der Waals surface area contributed by atoms with Crippen LogP contribution < -0.4 is 0 Å². The molecule has 0 rings (SSSR count). The molecule has 0 aliphatic rings. The standard InChI is InChI=1S/C16H30S2/c1-3-5-7-9-11-13-15-17-18-16-14-12-10-8-6-4-2/h9-12H,3-8,13-16H2,1-2H3/b11-9+,12-10+. The molecule has 0 radical (unpaired) electrons. The predicted molar refractivity (Wildman–Crippen MR) is 91.5 cm³/mol. The van der Waals surface area contributed by atoms with Crippen molar-refractivity contribution in [3.8, 4) is 0 Å². The largest absolute Gasteiger partial charge is 0.0938 e. The Morgan fingerprint density at radius 1 is 0.611 bits per heavy atom. The fourth-order valence-corrected chi connectivity index (χ4v) is 3.45. The Balaban J connectivity index is 3.07. The molecule has 0 amide bonds. The first-order valence-corrected chi connectivity index (χ1v) is 9.95. The van der Waals surface area contributed by atoms with Crippen molar-refractivity contribution < 1.29 is 0 Å². The van der Waals surface area contributed by atoms with Crippen molar-refractivity contribution in [3.05, 3.63) is 24.3 Å². The van der Waals surface area contributed by atoms with Crippen molar-refractivity contribution in [2.45, 2.75) is 65.2 Å². The summed E-state index contributed by atoms with van der Waals surface area (Å²) in [6.07, 6.45) is 19.6. The Morgan fingerprint density at radius 2 is 1.00 bits per heavy atom. The predicted octanol–water partition coefficient (Wildman–Crippen LogP) is 6.64. The second-order valence-corrected chi connectivity index (χ2v) is 7.15. The molecule has 18 heavy (non-hydrogen) atoms. The number of unbranched alkanes of at least 4 members (excludes halogenated alkanes) is 4. The summed E-state index contributed by atoms with van der Waals surface area (Å²) in [5.41, 5.74) is 0. The van der Waals surface area contributed by atoms with Crippen LogP contribution in [-0.2, 0) is 0 Å². The van der Waals surface area contributed by atoms with Gasteiger partial charge in [0.15, 0.2) is 0 Å². The van der Waals surface area contributed by atoms with Gasteiger partial charge >= 0.3 is 0 Å². The lowest BCUT2D eigenvalue weighted by molar-refractivity contribution is 0.813. The normalized spacial score (nSPS) is 11.9. The SMILES string of the molecule is CCCC/C=C/CCSSCC/C=C/CCCC. The van der Waals surface area contributed by atoms with E-state index in [9.17, 15) is 0 Å². The Hall–Kier alpha value is 0.180. The topological polar surface area (TPSA) is 0 Å². The van der Waals surface area contributed by atoms with E-state index >= 15 is 0 Å². The summed E-state index contributed by atoms with van der Waals surface area (Å²) in [6, 6.07) is 0. The van der Waals surface area contributed by atoms with Crippen LogP contribution in [0.15, 0.2) is 24.3 Å². The zero-order valence-electron chi connectivity index (χ0n) is 12.2. The average Bonchev–Trinajstić information content (AvgIpc) is 2.39. The molecule has 0 bridgehead atoms. The molecule has 0 atom stereocenters. The van der Waals surface area contributed by atoms with Gasteiger partial charge in [0.1, 0.15) is 0 Å². The molecule has 0 saturated heterocycles. The molecular formula is C16H30S2. The number of hydrogen-bond acceptors (Lipinski definition) is 2. The lowest BCUT2D eigenvalue weighted by Gasteiger charge is -1.97. The van der Waals surface area contributed by atoms with Gasteiger partial charge in [-0.05, 0) is 25.7 Å². The summed E-state index contributed by atoms with van der Waals surface area (Å²) in [6.45, 7) is 4.49. The third-order valence-electron chi connectivity index (χ3n) is 2.60. The highest BCUT2D eigenvalue weighted by molar-refractivity contribution is 8.76. The van der Waals surface area contributed by atoms with Crippen LogP contribution in [-0.4, -0.2) is 11.5 Å². The third-order valence-corrected chi connectivity index (χ3v) is 5.07. The van der Waals surface area contributed by atoms with E-state index in [1.54, 1.807) is 0 Å². The molecular weight excluding hydrogens is 256 g/mol.